The summed E-state index contributed by atoms with van der Waals surface area (Å²) in [6.45, 7) is 2.35. The van der Waals surface area contributed by atoms with Gasteiger partial charge in [0.1, 0.15) is 0 Å². The highest BCUT2D eigenvalue weighted by Gasteiger charge is 2.25. The normalized spacial score (nSPS) is 17.3. The highest BCUT2D eigenvalue weighted by molar-refractivity contribution is 5.29. The largest absolute Gasteiger partial charge is 0.387 e. The number of aromatic nitrogens is 1. The van der Waals surface area contributed by atoms with Crippen LogP contribution in [0.15, 0.2) is 48.8 Å². The van der Waals surface area contributed by atoms with E-state index in [0.717, 1.165) is 25.1 Å². The van der Waals surface area contributed by atoms with E-state index in [1.807, 2.05) is 0 Å². The number of nitriles is 1. The van der Waals surface area contributed by atoms with E-state index < -0.39 is 12.0 Å². The van der Waals surface area contributed by atoms with Crippen LogP contribution in [0.4, 0.5) is 0 Å². The number of rotatable bonds is 4. The number of pyridine rings is 1. The van der Waals surface area contributed by atoms with Gasteiger partial charge in [-0.05, 0) is 35.2 Å². The molecule has 2 atom stereocenters. The lowest BCUT2D eigenvalue weighted by Crippen LogP contribution is -2.36. The van der Waals surface area contributed by atoms with Gasteiger partial charge in [0.05, 0.1) is 18.1 Å². The Morgan fingerprint density at radius 2 is 1.91 bits per heavy atom. The third kappa shape index (κ3) is 3.16. The number of hydrogen-bond acceptors (Lipinski definition) is 4. The van der Waals surface area contributed by atoms with Crippen LogP contribution in [0.25, 0.3) is 0 Å². The zero-order valence-corrected chi connectivity index (χ0v) is 12.4. The van der Waals surface area contributed by atoms with Crippen LogP contribution in [0.3, 0.4) is 0 Å². The van der Waals surface area contributed by atoms with Gasteiger partial charge < -0.3 is 5.11 Å². The number of aliphatic hydroxyl groups is 1. The molecule has 0 unspecified atom stereocenters. The quantitative estimate of drug-likeness (QED) is 0.939. The molecule has 2 aromatic rings. The van der Waals surface area contributed by atoms with E-state index in [1.165, 1.54) is 11.1 Å². The van der Waals surface area contributed by atoms with Crippen molar-refractivity contribution in [2.24, 2.45) is 5.92 Å². The summed E-state index contributed by atoms with van der Waals surface area (Å²) < 4.78 is 0. The number of aliphatic hydroxyl groups excluding tert-OH is 1. The van der Waals surface area contributed by atoms with Gasteiger partial charge in [-0.1, -0.05) is 24.3 Å². The van der Waals surface area contributed by atoms with Crippen LogP contribution in [0.5, 0.6) is 0 Å². The lowest BCUT2D eigenvalue weighted by Gasteiger charge is -2.31. The fourth-order valence-corrected chi connectivity index (χ4v) is 2.99. The van der Waals surface area contributed by atoms with Crippen molar-refractivity contribution in [2.45, 2.75) is 19.1 Å². The molecule has 1 N–H and O–H groups in total. The topological polar surface area (TPSA) is 60.2 Å². The van der Waals surface area contributed by atoms with Crippen LogP contribution >= 0.6 is 0 Å². The molecule has 1 aromatic heterocycles. The molecule has 1 aromatic carbocycles. The maximum absolute atomic E-state index is 10.4. The van der Waals surface area contributed by atoms with Crippen molar-refractivity contribution in [1.82, 2.24) is 9.88 Å². The van der Waals surface area contributed by atoms with Crippen molar-refractivity contribution >= 4 is 0 Å². The van der Waals surface area contributed by atoms with Gasteiger partial charge >= 0.3 is 0 Å². The Labute approximate surface area is 130 Å². The molecule has 4 nitrogen and oxygen atoms in total. The molecule has 0 radical (unpaired) electrons. The molecular weight excluding hydrogens is 274 g/mol. The predicted octanol–water partition coefficient (Wildman–Crippen LogP) is 2.31. The average Bonchev–Trinajstić information content (AvgIpc) is 2.59. The monoisotopic (exact) mass is 293 g/mol. The molecule has 3 rings (SSSR count). The van der Waals surface area contributed by atoms with Crippen LogP contribution in [-0.2, 0) is 13.0 Å². The lowest BCUT2D eigenvalue weighted by atomic mass is 9.94. The average molecular weight is 293 g/mol. The van der Waals surface area contributed by atoms with E-state index in [4.69, 9.17) is 0 Å². The van der Waals surface area contributed by atoms with E-state index in [0.29, 0.717) is 6.54 Å². The highest BCUT2D eigenvalue weighted by Crippen LogP contribution is 2.25. The Balaban J connectivity index is 1.68. The highest BCUT2D eigenvalue weighted by atomic mass is 16.3. The SMILES string of the molecule is N#C[C@H](CN1CCc2ccccc2C1)[C@@H](O)c1ccncc1. The molecular formula is C18H19N3O. The summed E-state index contributed by atoms with van der Waals surface area (Å²) in [6.07, 6.45) is 3.51. The van der Waals surface area contributed by atoms with Crippen molar-refractivity contribution in [3.05, 3.63) is 65.5 Å². The van der Waals surface area contributed by atoms with Crippen molar-refractivity contribution in [3.63, 3.8) is 0 Å². The fraction of sp³-hybridized carbons (Fsp3) is 0.333. The maximum atomic E-state index is 10.4. The predicted molar refractivity (Wildman–Crippen MR) is 83.7 cm³/mol. The lowest BCUT2D eigenvalue weighted by molar-refractivity contribution is 0.101. The summed E-state index contributed by atoms with van der Waals surface area (Å²) >= 11 is 0. The molecule has 0 aliphatic carbocycles. The first-order valence-corrected chi connectivity index (χ1v) is 7.54. The molecule has 0 amide bonds. The van der Waals surface area contributed by atoms with Crippen LogP contribution < -0.4 is 0 Å². The molecule has 1 aliphatic heterocycles. The second-order valence-corrected chi connectivity index (χ2v) is 5.71. The van der Waals surface area contributed by atoms with E-state index in [1.54, 1.807) is 24.5 Å². The van der Waals surface area contributed by atoms with E-state index >= 15 is 0 Å². The minimum Gasteiger partial charge on any atom is -0.387 e. The van der Waals surface area contributed by atoms with Gasteiger partial charge in [-0.15, -0.1) is 0 Å². The first-order valence-electron chi connectivity index (χ1n) is 7.54. The summed E-state index contributed by atoms with van der Waals surface area (Å²) in [5.74, 6) is -0.437. The number of nitrogens with zero attached hydrogens (tertiary/aromatic N) is 3. The van der Waals surface area contributed by atoms with Gasteiger partial charge in [-0.2, -0.15) is 5.26 Å². The molecule has 2 heterocycles. The molecule has 1 aliphatic rings. The Morgan fingerprint density at radius 1 is 1.18 bits per heavy atom. The Morgan fingerprint density at radius 3 is 2.64 bits per heavy atom. The molecule has 112 valence electrons. The van der Waals surface area contributed by atoms with Crippen molar-refractivity contribution in [2.75, 3.05) is 13.1 Å². The van der Waals surface area contributed by atoms with E-state index in [2.05, 4.69) is 40.2 Å². The van der Waals surface area contributed by atoms with Crippen LogP contribution in [0, 0.1) is 17.2 Å². The number of hydrogen-bond donors (Lipinski definition) is 1. The standard InChI is InChI=1S/C18H19N3O/c19-11-17(18(22)15-5-8-20-9-6-15)13-21-10-7-14-3-1-2-4-16(14)12-21/h1-6,8-9,17-18,22H,7,10,12-13H2/t17-,18+/m1/s1. The maximum Gasteiger partial charge on any atom is 0.0961 e. The van der Waals surface area contributed by atoms with Gasteiger partial charge in [-0.3, -0.25) is 9.88 Å². The molecule has 0 fully saturated rings. The summed E-state index contributed by atoms with van der Waals surface area (Å²) in [6, 6.07) is 14.2. The minimum absolute atomic E-state index is 0.437. The zero-order valence-electron chi connectivity index (χ0n) is 12.4. The van der Waals surface area contributed by atoms with Crippen molar-refractivity contribution in [1.29, 1.82) is 5.26 Å². The minimum atomic E-state index is -0.773. The second kappa shape index (κ2) is 6.69. The molecule has 0 saturated carbocycles. The molecule has 0 bridgehead atoms. The van der Waals surface area contributed by atoms with E-state index in [9.17, 15) is 10.4 Å². The second-order valence-electron chi connectivity index (χ2n) is 5.71. The van der Waals surface area contributed by atoms with Gasteiger partial charge in [-0.25, -0.2) is 0 Å². The molecule has 4 heteroatoms. The zero-order chi connectivity index (χ0) is 15.4. The van der Waals surface area contributed by atoms with Crippen LogP contribution in [-0.4, -0.2) is 28.1 Å². The van der Waals surface area contributed by atoms with Gasteiger partial charge in [0.25, 0.3) is 0 Å². The van der Waals surface area contributed by atoms with Gasteiger partial charge in [0, 0.05) is 32.0 Å². The molecule has 22 heavy (non-hydrogen) atoms. The summed E-state index contributed by atoms with van der Waals surface area (Å²) in [5, 5.41) is 19.9. The van der Waals surface area contributed by atoms with E-state index in [-0.39, 0.29) is 0 Å². The third-order valence-electron chi connectivity index (χ3n) is 4.26. The number of fused-ring (bicyclic) bond motifs is 1. The first-order chi connectivity index (χ1) is 10.8. The van der Waals surface area contributed by atoms with Gasteiger partial charge in [0.15, 0.2) is 0 Å². The van der Waals surface area contributed by atoms with Crippen LogP contribution in [0.2, 0.25) is 0 Å². The molecule has 0 spiro atoms. The molecule has 0 saturated heterocycles. The van der Waals surface area contributed by atoms with Crippen molar-refractivity contribution in [3.8, 4) is 6.07 Å². The third-order valence-corrected chi connectivity index (χ3v) is 4.26. The van der Waals surface area contributed by atoms with Gasteiger partial charge in [0.2, 0.25) is 0 Å². The summed E-state index contributed by atoms with van der Waals surface area (Å²) in [7, 11) is 0. The Hall–Kier alpha value is -2.22. The van der Waals surface area contributed by atoms with Crippen molar-refractivity contribution < 1.29 is 5.11 Å². The smallest absolute Gasteiger partial charge is 0.0961 e. The summed E-state index contributed by atoms with van der Waals surface area (Å²) in [4.78, 5) is 6.20. The Kier molecular flexibility index (Phi) is 4.47. The fourth-order valence-electron chi connectivity index (χ4n) is 2.99. The first kappa shape index (κ1) is 14.7. The summed E-state index contributed by atoms with van der Waals surface area (Å²) in [5.41, 5.74) is 3.46. The Bertz CT molecular complexity index is 666. The van der Waals surface area contributed by atoms with Crippen LogP contribution in [0.1, 0.15) is 22.8 Å². The number of benzene rings is 1.